The van der Waals surface area contributed by atoms with Crippen molar-refractivity contribution in [1.29, 1.82) is 0 Å². The number of nitrogens with zero attached hydrogens (tertiary/aromatic N) is 3. The van der Waals surface area contributed by atoms with Crippen LogP contribution in [0.1, 0.15) is 38.5 Å². The van der Waals surface area contributed by atoms with E-state index < -0.39 is 0 Å². The molecule has 2 saturated carbocycles. The van der Waals surface area contributed by atoms with Crippen molar-refractivity contribution < 1.29 is 5.21 Å². The van der Waals surface area contributed by atoms with E-state index in [-0.39, 0.29) is 5.54 Å². The lowest BCUT2D eigenvalue weighted by molar-refractivity contribution is -0.189. The van der Waals surface area contributed by atoms with Crippen LogP contribution in [-0.2, 0) is 0 Å². The summed E-state index contributed by atoms with van der Waals surface area (Å²) in [6, 6.07) is 0. The van der Waals surface area contributed by atoms with Gasteiger partial charge in [-0.05, 0) is 51.5 Å². The lowest BCUT2D eigenvalue weighted by Crippen LogP contribution is -2.67. The van der Waals surface area contributed by atoms with Crippen LogP contribution in [0.2, 0.25) is 0 Å². The zero-order valence-corrected chi connectivity index (χ0v) is 12.1. The summed E-state index contributed by atoms with van der Waals surface area (Å²) in [5.74, 6) is 0.975. The Morgan fingerprint density at radius 1 is 1.05 bits per heavy atom. The quantitative estimate of drug-likeness (QED) is 0.817. The zero-order chi connectivity index (χ0) is 13.1. The van der Waals surface area contributed by atoms with Gasteiger partial charge >= 0.3 is 0 Å². The second kappa shape index (κ2) is 4.17. The highest BCUT2D eigenvalue weighted by Gasteiger charge is 2.58. The molecule has 0 bridgehead atoms. The summed E-state index contributed by atoms with van der Waals surface area (Å²) in [6.45, 7) is 5.83. The third-order valence-corrected chi connectivity index (χ3v) is 5.98. The summed E-state index contributed by atoms with van der Waals surface area (Å²) in [7, 11) is 2.26. The van der Waals surface area contributed by atoms with E-state index in [9.17, 15) is 5.21 Å². The fourth-order valence-electron chi connectivity index (χ4n) is 4.43. The summed E-state index contributed by atoms with van der Waals surface area (Å²) >= 11 is 0. The number of piperidine rings is 1. The first-order valence-corrected chi connectivity index (χ1v) is 8.02. The maximum absolute atomic E-state index is 10.2. The van der Waals surface area contributed by atoms with Gasteiger partial charge in [0.1, 0.15) is 0 Å². The molecule has 4 heteroatoms. The minimum atomic E-state index is 0.151. The highest BCUT2D eigenvalue weighted by molar-refractivity contribution is 5.14. The molecule has 2 heterocycles. The van der Waals surface area contributed by atoms with Gasteiger partial charge in [-0.25, -0.2) is 0 Å². The Kier molecular flexibility index (Phi) is 2.76. The van der Waals surface area contributed by atoms with Gasteiger partial charge in [0, 0.05) is 43.8 Å². The highest BCUT2D eigenvalue weighted by Crippen LogP contribution is 2.52. The Bertz CT molecular complexity index is 366. The molecular formula is C15H27N3O. The molecule has 2 aliphatic heterocycles. The first-order chi connectivity index (χ1) is 9.12. The van der Waals surface area contributed by atoms with Crippen molar-refractivity contribution in [3.05, 3.63) is 0 Å². The Morgan fingerprint density at radius 2 is 1.84 bits per heavy atom. The molecule has 108 valence electrons. The minimum absolute atomic E-state index is 0.151. The van der Waals surface area contributed by atoms with Gasteiger partial charge in [-0.3, -0.25) is 4.90 Å². The van der Waals surface area contributed by atoms with Crippen LogP contribution in [0.15, 0.2) is 0 Å². The lowest BCUT2D eigenvalue weighted by Gasteiger charge is -2.55. The average Bonchev–Trinajstić information content (AvgIpc) is 3.26. The first-order valence-electron chi connectivity index (χ1n) is 8.02. The standard InChI is InChI=1S/C15H27N3O/c1-16-8-9-17(10-13-2-3-13)15(12-16)6-7-18(19)14(11-15)4-5-14/h13,19H,2-12H2,1H3. The number of piperazine rings is 1. The molecule has 0 radical (unpaired) electrons. The van der Waals surface area contributed by atoms with Crippen molar-refractivity contribution in [1.82, 2.24) is 14.9 Å². The van der Waals surface area contributed by atoms with Crippen molar-refractivity contribution in [2.75, 3.05) is 39.8 Å². The van der Waals surface area contributed by atoms with Gasteiger partial charge in [-0.1, -0.05) is 0 Å². The summed E-state index contributed by atoms with van der Waals surface area (Å²) in [5, 5.41) is 11.8. The summed E-state index contributed by atoms with van der Waals surface area (Å²) in [5.41, 5.74) is 0.504. The van der Waals surface area contributed by atoms with E-state index >= 15 is 0 Å². The molecule has 4 fully saturated rings. The Morgan fingerprint density at radius 3 is 2.53 bits per heavy atom. The van der Waals surface area contributed by atoms with Gasteiger partial charge in [-0.15, -0.1) is 0 Å². The molecule has 2 saturated heterocycles. The number of hydroxylamine groups is 2. The van der Waals surface area contributed by atoms with Gasteiger partial charge < -0.3 is 10.1 Å². The van der Waals surface area contributed by atoms with Crippen molar-refractivity contribution in [3.8, 4) is 0 Å². The van der Waals surface area contributed by atoms with Crippen LogP contribution < -0.4 is 0 Å². The molecule has 0 aromatic heterocycles. The van der Waals surface area contributed by atoms with Crippen LogP contribution in [0.3, 0.4) is 0 Å². The van der Waals surface area contributed by atoms with Gasteiger partial charge in [0.25, 0.3) is 0 Å². The van der Waals surface area contributed by atoms with Gasteiger partial charge in [-0.2, -0.15) is 5.06 Å². The van der Waals surface area contributed by atoms with E-state index in [1.165, 1.54) is 58.3 Å². The van der Waals surface area contributed by atoms with Crippen molar-refractivity contribution >= 4 is 0 Å². The number of hydrogen-bond acceptors (Lipinski definition) is 4. The minimum Gasteiger partial charge on any atom is -0.313 e. The molecule has 19 heavy (non-hydrogen) atoms. The normalized spacial score (nSPS) is 40.1. The zero-order valence-electron chi connectivity index (χ0n) is 12.1. The van der Waals surface area contributed by atoms with E-state index in [0.717, 1.165) is 18.9 Å². The van der Waals surface area contributed by atoms with E-state index in [1.807, 2.05) is 0 Å². The maximum atomic E-state index is 10.2. The van der Waals surface area contributed by atoms with E-state index in [0.29, 0.717) is 5.54 Å². The molecule has 2 aliphatic carbocycles. The van der Waals surface area contributed by atoms with Crippen molar-refractivity contribution in [2.45, 2.75) is 49.6 Å². The third kappa shape index (κ3) is 2.13. The highest BCUT2D eigenvalue weighted by atomic mass is 16.5. The number of hydrogen-bond donors (Lipinski definition) is 1. The van der Waals surface area contributed by atoms with Crippen LogP contribution in [-0.4, -0.2) is 70.9 Å². The van der Waals surface area contributed by atoms with Crippen LogP contribution in [0, 0.1) is 5.92 Å². The summed E-state index contributed by atoms with van der Waals surface area (Å²) in [6.07, 6.45) is 7.62. The predicted octanol–water partition coefficient (Wildman–Crippen LogP) is 1.40. The Labute approximate surface area is 116 Å². The maximum Gasteiger partial charge on any atom is 0.0480 e. The second-order valence-corrected chi connectivity index (χ2v) is 7.63. The molecule has 1 N–H and O–H groups in total. The Hall–Kier alpha value is -0.160. The van der Waals surface area contributed by atoms with Crippen LogP contribution in [0.5, 0.6) is 0 Å². The molecule has 4 rings (SSSR count). The van der Waals surface area contributed by atoms with Gasteiger partial charge in [0.15, 0.2) is 0 Å². The molecule has 4 nitrogen and oxygen atoms in total. The number of likely N-dealkylation sites (N-methyl/N-ethyl adjacent to an activating group) is 1. The first kappa shape index (κ1) is 12.6. The molecule has 4 aliphatic rings. The second-order valence-electron chi connectivity index (χ2n) is 7.63. The summed E-state index contributed by atoms with van der Waals surface area (Å²) < 4.78 is 0. The van der Waals surface area contributed by atoms with E-state index in [2.05, 4.69) is 16.8 Å². The third-order valence-electron chi connectivity index (χ3n) is 5.98. The largest absolute Gasteiger partial charge is 0.313 e. The lowest BCUT2D eigenvalue weighted by atomic mass is 9.79. The predicted molar refractivity (Wildman–Crippen MR) is 74.2 cm³/mol. The fourth-order valence-corrected chi connectivity index (χ4v) is 4.43. The average molecular weight is 265 g/mol. The smallest absolute Gasteiger partial charge is 0.0480 e. The molecule has 0 aromatic carbocycles. The van der Waals surface area contributed by atoms with E-state index in [1.54, 1.807) is 5.06 Å². The fraction of sp³-hybridized carbons (Fsp3) is 1.00. The van der Waals surface area contributed by atoms with Crippen LogP contribution >= 0.6 is 0 Å². The molecule has 0 aromatic rings. The van der Waals surface area contributed by atoms with Crippen molar-refractivity contribution in [2.24, 2.45) is 5.92 Å². The van der Waals surface area contributed by atoms with Gasteiger partial charge in [0.2, 0.25) is 0 Å². The van der Waals surface area contributed by atoms with Gasteiger partial charge in [0.05, 0.1) is 0 Å². The molecule has 0 amide bonds. The Balaban J connectivity index is 1.56. The molecular weight excluding hydrogens is 238 g/mol. The topological polar surface area (TPSA) is 30.0 Å². The van der Waals surface area contributed by atoms with Crippen LogP contribution in [0.25, 0.3) is 0 Å². The van der Waals surface area contributed by atoms with Crippen molar-refractivity contribution in [3.63, 3.8) is 0 Å². The summed E-state index contributed by atoms with van der Waals surface area (Å²) in [4.78, 5) is 5.31. The van der Waals surface area contributed by atoms with E-state index in [4.69, 9.17) is 0 Å². The van der Waals surface area contributed by atoms with Crippen LogP contribution in [0.4, 0.5) is 0 Å². The number of rotatable bonds is 2. The molecule has 2 spiro atoms. The monoisotopic (exact) mass is 265 g/mol. The molecule has 1 unspecified atom stereocenters. The molecule has 1 atom stereocenters. The SMILES string of the molecule is CN1CCN(CC2CC2)C2(CCN(O)C3(CC3)C2)C1.